The minimum atomic E-state index is 0.792. The zero-order valence-corrected chi connectivity index (χ0v) is 20.5. The molecule has 0 spiro atoms. The molecular weight excluding hydrogens is 454 g/mol. The Hall–Kier alpha value is -3.67. The highest BCUT2D eigenvalue weighted by molar-refractivity contribution is 7.34. The molecule has 0 atom stereocenters. The first kappa shape index (κ1) is 20.9. The van der Waals surface area contributed by atoms with E-state index in [-0.39, 0.29) is 0 Å². The Bertz CT molecular complexity index is 1610. The number of fused-ring (bicyclic) bond motifs is 1. The minimum Gasteiger partial charge on any atom is -0.189 e. The number of nitrogens with zero attached hydrogens (tertiary/aromatic N) is 3. The molecule has 0 saturated heterocycles. The Morgan fingerprint density at radius 3 is 2.29 bits per heavy atom. The van der Waals surface area contributed by atoms with Crippen LogP contribution in [0.15, 0.2) is 114 Å². The molecule has 3 nitrogen and oxygen atoms in total. The van der Waals surface area contributed by atoms with Crippen molar-refractivity contribution >= 4 is 26.8 Å². The monoisotopic (exact) mass is 478 g/mol. The summed E-state index contributed by atoms with van der Waals surface area (Å²) in [6.45, 7) is 2.98. The van der Waals surface area contributed by atoms with Crippen LogP contribution in [-0.4, -0.2) is 0 Å². The van der Waals surface area contributed by atoms with E-state index in [9.17, 15) is 0 Å². The molecule has 5 heteroatoms. The van der Waals surface area contributed by atoms with Crippen molar-refractivity contribution < 1.29 is 13.5 Å². The van der Waals surface area contributed by atoms with Crippen molar-refractivity contribution in [3.05, 3.63) is 125 Å². The zero-order valence-electron chi connectivity index (χ0n) is 18.8. The normalized spacial score (nSPS) is 11.2. The first-order chi connectivity index (χ1) is 16.8. The summed E-state index contributed by atoms with van der Waals surface area (Å²) in [5, 5.41) is 4.37. The fraction of sp³-hybridized carbons (Fsp3) is 0.0690. The molecule has 6 aromatic rings. The molecule has 0 saturated carbocycles. The van der Waals surface area contributed by atoms with E-state index in [4.69, 9.17) is 0 Å². The molecule has 0 aliphatic heterocycles. The van der Waals surface area contributed by atoms with Gasteiger partial charge in [-0.3, -0.25) is 0 Å². The second-order valence-electron chi connectivity index (χ2n) is 8.27. The Morgan fingerprint density at radius 2 is 1.41 bits per heavy atom. The van der Waals surface area contributed by atoms with Crippen molar-refractivity contribution in [2.45, 2.75) is 13.5 Å². The Balaban J connectivity index is 1.47. The van der Waals surface area contributed by atoms with E-state index in [0.29, 0.717) is 0 Å². The average Bonchev–Trinajstić information content (AvgIpc) is 3.50. The van der Waals surface area contributed by atoms with Gasteiger partial charge < -0.3 is 0 Å². The summed E-state index contributed by atoms with van der Waals surface area (Å²) in [7, 11) is 0. The molecule has 4 aromatic heterocycles. The molecule has 4 heterocycles. The number of aromatic nitrogens is 3. The molecule has 0 aliphatic rings. The maximum absolute atomic E-state index is 2.35. The van der Waals surface area contributed by atoms with Gasteiger partial charge in [-0.2, -0.15) is 4.57 Å². The largest absolute Gasteiger partial charge is 0.467 e. The van der Waals surface area contributed by atoms with Crippen LogP contribution in [0.5, 0.6) is 0 Å². The summed E-state index contributed by atoms with van der Waals surface area (Å²) < 4.78 is 8.19. The van der Waals surface area contributed by atoms with Gasteiger partial charge in [0.25, 0.3) is 11.4 Å². The van der Waals surface area contributed by atoms with Crippen molar-refractivity contribution in [1.29, 1.82) is 0 Å². The lowest BCUT2D eigenvalue weighted by Crippen LogP contribution is -2.45. The molecular formula is C29H24N3S2+3. The third-order valence-electron chi connectivity index (χ3n) is 6.19. The summed E-state index contributed by atoms with van der Waals surface area (Å²) in [5.74, 6) is 1.16. The van der Waals surface area contributed by atoms with Crippen molar-refractivity contribution in [1.82, 2.24) is 0 Å². The molecule has 2 aromatic carbocycles. The van der Waals surface area contributed by atoms with Gasteiger partial charge in [0.15, 0.2) is 25.1 Å². The lowest BCUT2D eigenvalue weighted by Gasteiger charge is -2.11. The fourth-order valence-electron chi connectivity index (χ4n) is 4.53. The highest BCUT2D eigenvalue weighted by Gasteiger charge is 2.31. The number of benzene rings is 2. The maximum Gasteiger partial charge on any atom is 0.467 e. The van der Waals surface area contributed by atoms with Crippen LogP contribution in [0, 0.1) is 6.92 Å². The van der Waals surface area contributed by atoms with Gasteiger partial charge in [0, 0.05) is 29.8 Å². The highest BCUT2D eigenvalue weighted by Crippen LogP contribution is 2.27. The van der Waals surface area contributed by atoms with E-state index in [1.807, 2.05) is 0 Å². The first-order valence-corrected chi connectivity index (χ1v) is 13.1. The molecule has 6 rings (SSSR count). The summed E-state index contributed by atoms with van der Waals surface area (Å²) in [5.41, 5.74) is 7.52. The molecule has 0 fully saturated rings. The fourth-order valence-corrected chi connectivity index (χ4v) is 6.33. The molecule has 0 bridgehead atoms. The van der Waals surface area contributed by atoms with Crippen LogP contribution in [0.25, 0.3) is 32.5 Å². The standard InChI is InChI=1S/C29H24N3S2/c1-22-10-2-4-12-24(22)25-13-5-3-11-23(25)20-30-16-8-6-14-26(30)27-15-7-9-17-31(27)28-21-34-29-32(28)18-19-33-29/h2-19,21H,20H2,1H3/q+3. The van der Waals surface area contributed by atoms with Gasteiger partial charge >= 0.3 is 9.96 Å². The van der Waals surface area contributed by atoms with Crippen LogP contribution in [-0.2, 0) is 6.54 Å². The predicted octanol–water partition coefficient (Wildman–Crippen LogP) is 5.80. The van der Waals surface area contributed by atoms with Crippen LogP contribution in [0.4, 0.5) is 0 Å². The van der Waals surface area contributed by atoms with Crippen molar-refractivity contribution in [2.24, 2.45) is 0 Å². The Morgan fingerprint density at radius 1 is 0.676 bits per heavy atom. The second-order valence-corrected chi connectivity index (χ2v) is 10.3. The number of pyridine rings is 2. The molecule has 34 heavy (non-hydrogen) atoms. The van der Waals surface area contributed by atoms with Crippen molar-refractivity contribution in [3.63, 3.8) is 0 Å². The third-order valence-corrected chi connectivity index (χ3v) is 8.15. The molecule has 0 unspecified atom stereocenters. The van der Waals surface area contributed by atoms with Gasteiger partial charge in [-0.15, -0.1) is 0 Å². The number of rotatable bonds is 5. The summed E-state index contributed by atoms with van der Waals surface area (Å²) in [6.07, 6.45) is 6.48. The zero-order chi connectivity index (χ0) is 22.9. The number of thiazole rings is 2. The second kappa shape index (κ2) is 8.93. The molecule has 0 radical (unpaired) electrons. The van der Waals surface area contributed by atoms with E-state index in [0.717, 1.165) is 18.1 Å². The molecule has 0 N–H and O–H groups in total. The van der Waals surface area contributed by atoms with E-state index in [2.05, 4.69) is 135 Å². The number of aryl methyl sites for hydroxylation is 1. The molecule has 164 valence electrons. The van der Waals surface area contributed by atoms with Gasteiger partial charge in [-0.1, -0.05) is 80.2 Å². The number of hydrogen-bond donors (Lipinski definition) is 0. The van der Waals surface area contributed by atoms with Crippen LogP contribution >= 0.6 is 22.7 Å². The van der Waals surface area contributed by atoms with Crippen LogP contribution in [0.2, 0.25) is 0 Å². The number of hydrogen-bond acceptors (Lipinski definition) is 2. The maximum atomic E-state index is 2.35. The van der Waals surface area contributed by atoms with Gasteiger partial charge in [0.05, 0.1) is 5.38 Å². The summed E-state index contributed by atoms with van der Waals surface area (Å²) >= 11 is 3.55. The van der Waals surface area contributed by atoms with Gasteiger partial charge in [0.1, 0.15) is 5.38 Å². The quantitative estimate of drug-likeness (QED) is 0.278. The van der Waals surface area contributed by atoms with Gasteiger partial charge in [-0.05, 0) is 35.7 Å². The minimum absolute atomic E-state index is 0.792. The Labute approximate surface area is 207 Å². The lowest BCUT2D eigenvalue weighted by molar-refractivity contribution is -0.713. The van der Waals surface area contributed by atoms with Crippen LogP contribution in [0.1, 0.15) is 11.1 Å². The van der Waals surface area contributed by atoms with Crippen LogP contribution < -0.4 is 13.5 Å². The SMILES string of the molecule is Cc1ccccc1-c1ccccc1C[n+]1ccccc1-c1cccc[n+]1-c1csc2scc[n+]12. The van der Waals surface area contributed by atoms with Crippen molar-refractivity contribution in [3.8, 4) is 28.3 Å². The summed E-state index contributed by atoms with van der Waals surface area (Å²) in [6, 6.07) is 30.2. The average molecular weight is 479 g/mol. The van der Waals surface area contributed by atoms with Crippen LogP contribution in [0.3, 0.4) is 0 Å². The van der Waals surface area contributed by atoms with E-state index in [1.165, 1.54) is 32.1 Å². The summed E-state index contributed by atoms with van der Waals surface area (Å²) in [4.78, 5) is 0. The van der Waals surface area contributed by atoms with Gasteiger partial charge in [-0.25, -0.2) is 0 Å². The van der Waals surface area contributed by atoms with E-state index < -0.39 is 0 Å². The van der Waals surface area contributed by atoms with E-state index in [1.54, 1.807) is 22.7 Å². The van der Waals surface area contributed by atoms with Gasteiger partial charge in [0.2, 0.25) is 0 Å². The lowest BCUT2D eigenvalue weighted by atomic mass is 9.96. The topological polar surface area (TPSA) is 11.9 Å². The molecule has 0 aliphatic carbocycles. The Kier molecular flexibility index (Phi) is 5.49. The molecule has 0 amide bonds. The van der Waals surface area contributed by atoms with E-state index >= 15 is 0 Å². The highest BCUT2D eigenvalue weighted by atomic mass is 32.2. The predicted molar refractivity (Wildman–Crippen MR) is 138 cm³/mol. The van der Waals surface area contributed by atoms with Crippen molar-refractivity contribution in [2.75, 3.05) is 0 Å². The third kappa shape index (κ3) is 3.73. The first-order valence-electron chi connectivity index (χ1n) is 11.3. The smallest absolute Gasteiger partial charge is 0.189 e.